The lowest BCUT2D eigenvalue weighted by Gasteiger charge is -2.04. The first-order chi connectivity index (χ1) is 9.31. The van der Waals surface area contributed by atoms with E-state index in [0.717, 1.165) is 23.6 Å². The van der Waals surface area contributed by atoms with Gasteiger partial charge in [0.25, 0.3) is 0 Å². The van der Waals surface area contributed by atoms with Gasteiger partial charge in [0.15, 0.2) is 0 Å². The second-order valence-electron chi connectivity index (χ2n) is 4.53. The Bertz CT molecular complexity index is 690. The average molecular weight is 253 g/mol. The van der Waals surface area contributed by atoms with E-state index in [-0.39, 0.29) is 0 Å². The molecule has 19 heavy (non-hydrogen) atoms. The summed E-state index contributed by atoms with van der Waals surface area (Å²) in [6.45, 7) is 3.33. The Kier molecular flexibility index (Phi) is 3.25. The molecule has 4 nitrogen and oxygen atoms in total. The lowest BCUT2D eigenvalue weighted by molar-refractivity contribution is 0.449. The Morgan fingerprint density at radius 2 is 2.05 bits per heavy atom. The number of nitrogens with one attached hydrogen (secondary N) is 1. The molecule has 2 heterocycles. The van der Waals surface area contributed by atoms with Crippen LogP contribution in [0.1, 0.15) is 17.2 Å². The highest BCUT2D eigenvalue weighted by Crippen LogP contribution is 2.14. The monoisotopic (exact) mass is 253 g/mol. The number of benzene rings is 1. The van der Waals surface area contributed by atoms with Crippen LogP contribution in [0.4, 0.5) is 0 Å². The van der Waals surface area contributed by atoms with E-state index in [2.05, 4.69) is 33.5 Å². The fraction of sp³-hybridized carbons (Fsp3) is 0.200. The normalized spacial score (nSPS) is 11.0. The molecule has 0 radical (unpaired) electrons. The first-order valence-corrected chi connectivity index (χ1v) is 6.26. The molecule has 1 N–H and O–H groups in total. The number of hydrogen-bond acceptors (Lipinski definition) is 4. The molecule has 3 rings (SSSR count). The summed E-state index contributed by atoms with van der Waals surface area (Å²) in [6, 6.07) is 8.40. The molecule has 0 amide bonds. The highest BCUT2D eigenvalue weighted by Gasteiger charge is 2.00. The van der Waals surface area contributed by atoms with Crippen LogP contribution < -0.4 is 5.32 Å². The van der Waals surface area contributed by atoms with Crippen molar-refractivity contribution < 1.29 is 4.42 Å². The summed E-state index contributed by atoms with van der Waals surface area (Å²) < 4.78 is 5.41. The van der Waals surface area contributed by atoms with E-state index < -0.39 is 0 Å². The minimum atomic E-state index is 0.641. The third-order valence-electron chi connectivity index (χ3n) is 2.98. The number of nitrogens with zero attached hydrogens (tertiary/aromatic N) is 2. The first kappa shape index (κ1) is 11.9. The maximum atomic E-state index is 5.41. The summed E-state index contributed by atoms with van der Waals surface area (Å²) in [4.78, 5) is 8.27. The van der Waals surface area contributed by atoms with Gasteiger partial charge in [0.1, 0.15) is 5.76 Å². The van der Waals surface area contributed by atoms with E-state index in [1.807, 2.05) is 25.4 Å². The van der Waals surface area contributed by atoms with E-state index in [0.29, 0.717) is 6.54 Å². The summed E-state index contributed by atoms with van der Waals surface area (Å²) in [5.74, 6) is 1.57. The van der Waals surface area contributed by atoms with Crippen molar-refractivity contribution in [2.75, 3.05) is 0 Å². The zero-order valence-electron chi connectivity index (χ0n) is 10.8. The number of oxazole rings is 1. The van der Waals surface area contributed by atoms with Gasteiger partial charge in [-0.25, -0.2) is 4.98 Å². The standard InChI is InChI=1S/C15H15N3O/c1-11-7-18-15(19-11)10-17-8-12-2-3-14-9-16-5-4-13(14)6-12/h2-7,9,17H,8,10H2,1H3. The molecule has 1 aromatic carbocycles. The summed E-state index contributed by atoms with van der Waals surface area (Å²) in [7, 11) is 0. The molecule has 0 aliphatic rings. The summed E-state index contributed by atoms with van der Waals surface area (Å²) in [5.41, 5.74) is 1.24. The SMILES string of the molecule is Cc1cnc(CNCc2ccc3cnccc3c2)o1. The molecule has 0 spiro atoms. The van der Waals surface area contributed by atoms with Gasteiger partial charge in [0.05, 0.1) is 12.7 Å². The second-order valence-corrected chi connectivity index (χ2v) is 4.53. The second kappa shape index (κ2) is 5.20. The molecular weight excluding hydrogens is 238 g/mol. The number of aromatic nitrogens is 2. The van der Waals surface area contributed by atoms with Gasteiger partial charge in [-0.1, -0.05) is 12.1 Å². The maximum absolute atomic E-state index is 5.41. The third kappa shape index (κ3) is 2.80. The van der Waals surface area contributed by atoms with Gasteiger partial charge < -0.3 is 9.73 Å². The van der Waals surface area contributed by atoms with E-state index in [4.69, 9.17) is 4.42 Å². The Hall–Kier alpha value is -2.20. The fourth-order valence-electron chi connectivity index (χ4n) is 2.04. The highest BCUT2D eigenvalue weighted by atomic mass is 16.4. The predicted octanol–water partition coefficient (Wildman–Crippen LogP) is 2.82. The largest absolute Gasteiger partial charge is 0.445 e. The van der Waals surface area contributed by atoms with Crippen LogP contribution in [0.25, 0.3) is 10.8 Å². The summed E-state index contributed by atoms with van der Waals surface area (Å²) in [5, 5.41) is 5.70. The zero-order chi connectivity index (χ0) is 13.1. The van der Waals surface area contributed by atoms with Gasteiger partial charge in [-0.2, -0.15) is 0 Å². The average Bonchev–Trinajstić information content (AvgIpc) is 2.84. The van der Waals surface area contributed by atoms with Crippen LogP contribution >= 0.6 is 0 Å². The van der Waals surface area contributed by atoms with Crippen LogP contribution in [0.2, 0.25) is 0 Å². The van der Waals surface area contributed by atoms with Crippen molar-refractivity contribution in [1.29, 1.82) is 0 Å². The Labute approximate surface area is 111 Å². The van der Waals surface area contributed by atoms with Crippen molar-refractivity contribution in [3.63, 3.8) is 0 Å². The van der Waals surface area contributed by atoms with Crippen molar-refractivity contribution in [2.45, 2.75) is 20.0 Å². The molecule has 0 saturated heterocycles. The van der Waals surface area contributed by atoms with Gasteiger partial charge in [-0.3, -0.25) is 4.98 Å². The van der Waals surface area contributed by atoms with Crippen LogP contribution in [0.3, 0.4) is 0 Å². The third-order valence-corrected chi connectivity index (χ3v) is 2.98. The van der Waals surface area contributed by atoms with E-state index in [9.17, 15) is 0 Å². The minimum absolute atomic E-state index is 0.641. The first-order valence-electron chi connectivity index (χ1n) is 6.26. The molecule has 0 saturated carbocycles. The van der Waals surface area contributed by atoms with Crippen molar-refractivity contribution in [2.24, 2.45) is 0 Å². The molecular formula is C15H15N3O. The van der Waals surface area contributed by atoms with Crippen molar-refractivity contribution in [3.05, 3.63) is 60.1 Å². The van der Waals surface area contributed by atoms with E-state index >= 15 is 0 Å². The molecule has 0 atom stereocenters. The Morgan fingerprint density at radius 1 is 1.11 bits per heavy atom. The number of pyridine rings is 1. The van der Waals surface area contributed by atoms with Crippen molar-refractivity contribution >= 4 is 10.8 Å². The number of aryl methyl sites for hydroxylation is 1. The van der Waals surface area contributed by atoms with Gasteiger partial charge in [0, 0.05) is 24.3 Å². The molecule has 3 aromatic rings. The summed E-state index contributed by atoms with van der Waals surface area (Å²) in [6.07, 6.45) is 5.43. The quantitative estimate of drug-likeness (QED) is 0.776. The molecule has 0 bridgehead atoms. The lowest BCUT2D eigenvalue weighted by atomic mass is 10.1. The highest BCUT2D eigenvalue weighted by molar-refractivity contribution is 5.81. The maximum Gasteiger partial charge on any atom is 0.208 e. The smallest absolute Gasteiger partial charge is 0.208 e. The van der Waals surface area contributed by atoms with Gasteiger partial charge in [0.2, 0.25) is 5.89 Å². The molecule has 0 aliphatic heterocycles. The van der Waals surface area contributed by atoms with Crippen molar-refractivity contribution in [1.82, 2.24) is 15.3 Å². The van der Waals surface area contributed by atoms with Crippen molar-refractivity contribution in [3.8, 4) is 0 Å². The Balaban J connectivity index is 1.65. The topological polar surface area (TPSA) is 51.0 Å². The van der Waals surface area contributed by atoms with Gasteiger partial charge in [-0.15, -0.1) is 0 Å². The molecule has 96 valence electrons. The van der Waals surface area contributed by atoms with Gasteiger partial charge in [-0.05, 0) is 30.0 Å². The van der Waals surface area contributed by atoms with Crippen LogP contribution in [0.5, 0.6) is 0 Å². The lowest BCUT2D eigenvalue weighted by Crippen LogP contribution is -2.12. The zero-order valence-corrected chi connectivity index (χ0v) is 10.8. The van der Waals surface area contributed by atoms with Crippen LogP contribution in [0.15, 0.2) is 47.3 Å². The summed E-state index contributed by atoms with van der Waals surface area (Å²) >= 11 is 0. The minimum Gasteiger partial charge on any atom is -0.445 e. The predicted molar refractivity (Wildman–Crippen MR) is 73.5 cm³/mol. The van der Waals surface area contributed by atoms with Crippen LogP contribution in [-0.4, -0.2) is 9.97 Å². The number of hydrogen-bond donors (Lipinski definition) is 1. The fourth-order valence-corrected chi connectivity index (χ4v) is 2.04. The van der Waals surface area contributed by atoms with E-state index in [1.54, 1.807) is 6.20 Å². The molecule has 2 aromatic heterocycles. The Morgan fingerprint density at radius 3 is 2.89 bits per heavy atom. The van der Waals surface area contributed by atoms with Crippen LogP contribution in [-0.2, 0) is 13.1 Å². The van der Waals surface area contributed by atoms with E-state index in [1.165, 1.54) is 10.9 Å². The molecule has 0 unspecified atom stereocenters. The molecule has 0 fully saturated rings. The molecule has 4 heteroatoms. The van der Waals surface area contributed by atoms with Crippen LogP contribution in [0, 0.1) is 6.92 Å². The van der Waals surface area contributed by atoms with Gasteiger partial charge >= 0.3 is 0 Å². The molecule has 0 aliphatic carbocycles. The number of fused-ring (bicyclic) bond motifs is 1. The number of rotatable bonds is 4.